The van der Waals surface area contributed by atoms with Gasteiger partial charge in [0.05, 0.1) is 9.95 Å². The van der Waals surface area contributed by atoms with Crippen LogP contribution in [0.5, 0.6) is 5.75 Å². The SMILES string of the molecule is O=[N+]([O-])c1cnc(N2CCC(Oc3ccc(F)cc3)CC2)c(Cl)c1. The zero-order valence-corrected chi connectivity index (χ0v) is 13.4. The van der Waals surface area contributed by atoms with Crippen LogP contribution in [0.1, 0.15) is 12.8 Å². The van der Waals surface area contributed by atoms with E-state index >= 15 is 0 Å². The molecule has 1 saturated heterocycles. The standard InChI is InChI=1S/C16H15ClFN3O3/c17-15-9-12(21(22)23)10-19-16(15)20-7-5-14(6-8-20)24-13-3-1-11(18)2-4-13/h1-4,9-10,14H,5-8H2. The zero-order valence-electron chi connectivity index (χ0n) is 12.7. The molecule has 2 heterocycles. The van der Waals surface area contributed by atoms with Crippen LogP contribution in [-0.4, -0.2) is 29.1 Å². The number of hydrogen-bond donors (Lipinski definition) is 0. The second kappa shape index (κ2) is 7.00. The molecule has 6 nitrogen and oxygen atoms in total. The molecule has 24 heavy (non-hydrogen) atoms. The van der Waals surface area contributed by atoms with Gasteiger partial charge >= 0.3 is 0 Å². The Hall–Kier alpha value is -2.41. The maximum atomic E-state index is 12.9. The Kier molecular flexibility index (Phi) is 4.80. The number of anilines is 1. The van der Waals surface area contributed by atoms with E-state index in [1.165, 1.54) is 24.4 Å². The first-order valence-electron chi connectivity index (χ1n) is 7.50. The van der Waals surface area contributed by atoms with Crippen LogP contribution >= 0.6 is 11.6 Å². The Balaban J connectivity index is 1.60. The predicted octanol–water partition coefficient (Wildman–Crippen LogP) is 3.83. The first-order valence-corrected chi connectivity index (χ1v) is 7.88. The van der Waals surface area contributed by atoms with Gasteiger partial charge in [-0.15, -0.1) is 0 Å². The molecule has 1 aromatic carbocycles. The summed E-state index contributed by atoms with van der Waals surface area (Å²) in [7, 11) is 0. The quantitative estimate of drug-likeness (QED) is 0.618. The lowest BCUT2D eigenvalue weighted by Gasteiger charge is -2.33. The summed E-state index contributed by atoms with van der Waals surface area (Å²) in [5.41, 5.74) is -0.127. The van der Waals surface area contributed by atoms with Crippen LogP contribution < -0.4 is 9.64 Å². The summed E-state index contributed by atoms with van der Waals surface area (Å²) < 4.78 is 18.7. The largest absolute Gasteiger partial charge is 0.490 e. The molecular weight excluding hydrogens is 337 g/mol. The van der Waals surface area contributed by atoms with Crippen LogP contribution in [0, 0.1) is 15.9 Å². The molecule has 1 aliphatic rings. The van der Waals surface area contributed by atoms with Crippen LogP contribution in [0.3, 0.4) is 0 Å². The minimum Gasteiger partial charge on any atom is -0.490 e. The lowest BCUT2D eigenvalue weighted by Crippen LogP contribution is -2.38. The van der Waals surface area contributed by atoms with E-state index in [-0.39, 0.29) is 22.6 Å². The third kappa shape index (κ3) is 3.73. The van der Waals surface area contributed by atoms with E-state index in [1.54, 1.807) is 12.1 Å². The third-order valence-corrected chi connectivity index (χ3v) is 4.15. The van der Waals surface area contributed by atoms with Gasteiger partial charge in [-0.2, -0.15) is 0 Å². The van der Waals surface area contributed by atoms with E-state index in [1.807, 2.05) is 4.90 Å². The fraction of sp³-hybridized carbons (Fsp3) is 0.312. The highest BCUT2D eigenvalue weighted by Crippen LogP contribution is 2.29. The molecule has 0 N–H and O–H groups in total. The van der Waals surface area contributed by atoms with Gasteiger partial charge in [-0.25, -0.2) is 9.37 Å². The summed E-state index contributed by atoms with van der Waals surface area (Å²) in [4.78, 5) is 16.3. The van der Waals surface area contributed by atoms with Crippen LogP contribution in [-0.2, 0) is 0 Å². The second-order valence-corrected chi connectivity index (χ2v) is 5.92. The molecule has 2 aromatic rings. The molecule has 1 aliphatic heterocycles. The Morgan fingerprint density at radius 1 is 1.29 bits per heavy atom. The van der Waals surface area contributed by atoms with Crippen molar-refractivity contribution in [2.75, 3.05) is 18.0 Å². The van der Waals surface area contributed by atoms with Crippen LogP contribution in [0.25, 0.3) is 0 Å². The van der Waals surface area contributed by atoms with Crippen molar-refractivity contribution in [1.82, 2.24) is 4.98 Å². The summed E-state index contributed by atoms with van der Waals surface area (Å²) in [6, 6.07) is 7.26. The summed E-state index contributed by atoms with van der Waals surface area (Å²) in [5, 5.41) is 11.0. The summed E-state index contributed by atoms with van der Waals surface area (Å²) in [5.74, 6) is 0.889. The van der Waals surface area contributed by atoms with Gasteiger partial charge in [0, 0.05) is 32.0 Å². The van der Waals surface area contributed by atoms with Gasteiger partial charge in [0.25, 0.3) is 5.69 Å². The Bertz CT molecular complexity index is 734. The Morgan fingerprint density at radius 3 is 2.54 bits per heavy atom. The number of pyridine rings is 1. The van der Waals surface area contributed by atoms with E-state index < -0.39 is 4.92 Å². The molecular formula is C16H15ClFN3O3. The van der Waals surface area contributed by atoms with Crippen molar-refractivity contribution in [1.29, 1.82) is 0 Å². The Labute approximate surface area is 143 Å². The predicted molar refractivity (Wildman–Crippen MR) is 88.2 cm³/mol. The molecule has 126 valence electrons. The van der Waals surface area contributed by atoms with Gasteiger partial charge in [-0.1, -0.05) is 11.6 Å². The second-order valence-electron chi connectivity index (χ2n) is 5.51. The maximum Gasteiger partial charge on any atom is 0.289 e. The van der Waals surface area contributed by atoms with E-state index in [0.29, 0.717) is 24.7 Å². The minimum atomic E-state index is -0.522. The van der Waals surface area contributed by atoms with Gasteiger partial charge in [0.2, 0.25) is 0 Å². The third-order valence-electron chi connectivity index (χ3n) is 3.88. The number of hydrogen-bond acceptors (Lipinski definition) is 5. The number of benzene rings is 1. The fourth-order valence-corrected chi connectivity index (χ4v) is 2.92. The van der Waals surface area contributed by atoms with Crippen molar-refractivity contribution in [2.24, 2.45) is 0 Å². The van der Waals surface area contributed by atoms with E-state index in [9.17, 15) is 14.5 Å². The monoisotopic (exact) mass is 351 g/mol. The number of aromatic nitrogens is 1. The molecule has 0 radical (unpaired) electrons. The van der Waals surface area contributed by atoms with Gasteiger partial charge in [-0.3, -0.25) is 10.1 Å². The highest BCUT2D eigenvalue weighted by atomic mass is 35.5. The fourth-order valence-electron chi connectivity index (χ4n) is 2.64. The van der Waals surface area contributed by atoms with Crippen molar-refractivity contribution >= 4 is 23.1 Å². The lowest BCUT2D eigenvalue weighted by molar-refractivity contribution is -0.385. The van der Waals surface area contributed by atoms with Gasteiger partial charge in [0.1, 0.15) is 29.7 Å². The van der Waals surface area contributed by atoms with Crippen molar-refractivity contribution in [3.05, 3.63) is 57.5 Å². The molecule has 1 aromatic heterocycles. The van der Waals surface area contributed by atoms with Crippen LogP contribution in [0.4, 0.5) is 15.9 Å². The average Bonchev–Trinajstić information content (AvgIpc) is 2.58. The summed E-state index contributed by atoms with van der Waals surface area (Å²) >= 11 is 6.11. The van der Waals surface area contributed by atoms with Crippen molar-refractivity contribution in [3.8, 4) is 5.75 Å². The molecule has 0 saturated carbocycles. The molecule has 3 rings (SSSR count). The smallest absolute Gasteiger partial charge is 0.289 e. The molecule has 0 bridgehead atoms. The maximum absolute atomic E-state index is 12.9. The first kappa shape index (κ1) is 16.4. The van der Waals surface area contributed by atoms with Gasteiger partial charge < -0.3 is 9.64 Å². The van der Waals surface area contributed by atoms with E-state index in [4.69, 9.17) is 16.3 Å². The lowest BCUT2D eigenvalue weighted by atomic mass is 10.1. The molecule has 0 amide bonds. The van der Waals surface area contributed by atoms with Crippen LogP contribution in [0.15, 0.2) is 36.5 Å². The van der Waals surface area contributed by atoms with Gasteiger partial charge in [-0.05, 0) is 24.3 Å². The number of halogens is 2. The highest BCUT2D eigenvalue weighted by Gasteiger charge is 2.24. The number of nitrogens with zero attached hydrogens (tertiary/aromatic N) is 3. The summed E-state index contributed by atoms with van der Waals surface area (Å²) in [6.07, 6.45) is 2.75. The van der Waals surface area contributed by atoms with Crippen molar-refractivity contribution in [3.63, 3.8) is 0 Å². The molecule has 0 spiro atoms. The van der Waals surface area contributed by atoms with Crippen molar-refractivity contribution < 1.29 is 14.1 Å². The minimum absolute atomic E-state index is 0.0311. The average molecular weight is 352 g/mol. The van der Waals surface area contributed by atoms with Gasteiger partial charge in [0.15, 0.2) is 0 Å². The van der Waals surface area contributed by atoms with E-state index in [0.717, 1.165) is 12.8 Å². The molecule has 8 heteroatoms. The summed E-state index contributed by atoms with van der Waals surface area (Å²) in [6.45, 7) is 1.35. The number of rotatable bonds is 4. The van der Waals surface area contributed by atoms with E-state index in [2.05, 4.69) is 4.98 Å². The highest BCUT2D eigenvalue weighted by molar-refractivity contribution is 6.33. The normalized spacial score (nSPS) is 15.3. The van der Waals surface area contributed by atoms with Crippen molar-refractivity contribution in [2.45, 2.75) is 18.9 Å². The zero-order chi connectivity index (χ0) is 17.1. The number of ether oxygens (including phenoxy) is 1. The first-order chi connectivity index (χ1) is 11.5. The number of piperidine rings is 1. The molecule has 1 fully saturated rings. The molecule has 0 atom stereocenters. The molecule has 0 unspecified atom stereocenters. The number of nitro groups is 1. The topological polar surface area (TPSA) is 68.5 Å². The van der Waals surface area contributed by atoms with Crippen LogP contribution in [0.2, 0.25) is 5.02 Å². The molecule has 0 aliphatic carbocycles. The Morgan fingerprint density at radius 2 is 1.96 bits per heavy atom.